The van der Waals surface area contributed by atoms with E-state index in [9.17, 15) is 0 Å². The normalized spacial score (nSPS) is 10.8. The molecular formula is C12H16N2S. The van der Waals surface area contributed by atoms with Crippen LogP contribution >= 0.6 is 11.3 Å². The molecule has 0 atom stereocenters. The maximum Gasteiger partial charge on any atom is 0.0834 e. The van der Waals surface area contributed by atoms with Crippen LogP contribution in [-0.4, -0.2) is 11.5 Å². The highest BCUT2D eigenvalue weighted by Crippen LogP contribution is 2.28. The Morgan fingerprint density at radius 1 is 1.40 bits per heavy atom. The molecule has 2 heterocycles. The van der Waals surface area contributed by atoms with Gasteiger partial charge >= 0.3 is 0 Å². The Bertz CT molecular complexity index is 448. The smallest absolute Gasteiger partial charge is 0.0834 e. The lowest BCUT2D eigenvalue weighted by molar-refractivity contribution is 0.978. The highest BCUT2D eigenvalue weighted by Gasteiger charge is 2.05. The summed E-state index contributed by atoms with van der Waals surface area (Å²) >= 11 is 1.76. The summed E-state index contributed by atoms with van der Waals surface area (Å²) in [4.78, 5) is 4.59. The molecule has 0 aromatic carbocycles. The molecular weight excluding hydrogens is 204 g/mol. The van der Waals surface area contributed by atoms with Crippen LogP contribution in [0.2, 0.25) is 0 Å². The molecule has 0 spiro atoms. The fourth-order valence-electron chi connectivity index (χ4n) is 1.58. The number of hydrogen-bond acceptors (Lipinski definition) is 3. The minimum Gasteiger partial charge on any atom is -0.384 e. The average Bonchev–Trinajstić information content (AvgIpc) is 2.73. The Morgan fingerprint density at radius 3 is 3.00 bits per heavy atom. The number of aryl methyl sites for hydroxylation is 1. The van der Waals surface area contributed by atoms with Crippen molar-refractivity contribution in [3.05, 3.63) is 23.2 Å². The fourth-order valence-corrected chi connectivity index (χ4v) is 2.41. The van der Waals surface area contributed by atoms with Crippen LogP contribution in [0.4, 0.5) is 5.69 Å². The van der Waals surface area contributed by atoms with Gasteiger partial charge < -0.3 is 5.32 Å². The summed E-state index contributed by atoms with van der Waals surface area (Å²) in [5.74, 6) is 0. The number of pyridine rings is 1. The molecule has 0 saturated carbocycles. The van der Waals surface area contributed by atoms with Crippen LogP contribution in [0.5, 0.6) is 0 Å². The molecule has 2 rings (SSSR count). The van der Waals surface area contributed by atoms with Crippen LogP contribution in [0, 0.1) is 0 Å². The van der Waals surface area contributed by atoms with Crippen molar-refractivity contribution in [2.75, 3.05) is 11.9 Å². The number of thiophene rings is 1. The van der Waals surface area contributed by atoms with Crippen LogP contribution in [0.1, 0.15) is 26.0 Å². The molecule has 0 fully saturated rings. The largest absolute Gasteiger partial charge is 0.384 e. The van der Waals surface area contributed by atoms with Gasteiger partial charge in [0.2, 0.25) is 0 Å². The number of rotatable bonds is 4. The van der Waals surface area contributed by atoms with E-state index in [1.54, 1.807) is 11.3 Å². The van der Waals surface area contributed by atoms with Gasteiger partial charge in [-0.05, 0) is 30.4 Å². The zero-order valence-corrected chi connectivity index (χ0v) is 10.0. The second kappa shape index (κ2) is 4.62. The van der Waals surface area contributed by atoms with Crippen molar-refractivity contribution in [1.82, 2.24) is 4.98 Å². The maximum atomic E-state index is 4.59. The van der Waals surface area contributed by atoms with E-state index >= 15 is 0 Å². The molecule has 3 heteroatoms. The molecule has 0 saturated heterocycles. The molecule has 2 aromatic rings. The van der Waals surface area contributed by atoms with Gasteiger partial charge in [0, 0.05) is 12.2 Å². The van der Waals surface area contributed by atoms with Crippen molar-refractivity contribution in [1.29, 1.82) is 0 Å². The average molecular weight is 220 g/mol. The molecule has 1 N–H and O–H groups in total. The van der Waals surface area contributed by atoms with Gasteiger partial charge in [-0.15, -0.1) is 11.3 Å². The number of hydrogen-bond donors (Lipinski definition) is 1. The summed E-state index contributed by atoms with van der Waals surface area (Å²) in [6.45, 7) is 5.35. The van der Waals surface area contributed by atoms with Crippen LogP contribution in [-0.2, 0) is 6.42 Å². The molecule has 0 amide bonds. The molecule has 0 aliphatic rings. The Labute approximate surface area is 94.3 Å². The van der Waals surface area contributed by atoms with Gasteiger partial charge in [0.25, 0.3) is 0 Å². The van der Waals surface area contributed by atoms with Crippen molar-refractivity contribution in [2.24, 2.45) is 0 Å². The number of aromatic nitrogens is 1. The SMILES string of the molecule is CCCNc1cc(CC)nc2ccsc12. The second-order valence-corrected chi connectivity index (χ2v) is 4.49. The summed E-state index contributed by atoms with van der Waals surface area (Å²) < 4.78 is 1.28. The van der Waals surface area contributed by atoms with Gasteiger partial charge in [-0.2, -0.15) is 0 Å². The van der Waals surface area contributed by atoms with E-state index in [2.05, 4.69) is 41.7 Å². The van der Waals surface area contributed by atoms with Crippen molar-refractivity contribution < 1.29 is 0 Å². The first-order chi connectivity index (χ1) is 7.35. The number of anilines is 1. The van der Waals surface area contributed by atoms with Crippen molar-refractivity contribution in [3.8, 4) is 0 Å². The van der Waals surface area contributed by atoms with Crippen LogP contribution in [0.3, 0.4) is 0 Å². The standard InChI is InChI=1S/C12H16N2S/c1-3-6-13-11-8-9(4-2)14-10-5-7-15-12(10)11/h5,7-8H,3-4,6H2,1-2H3,(H,13,14). The molecule has 0 aliphatic carbocycles. The van der Waals surface area contributed by atoms with Crippen molar-refractivity contribution in [3.63, 3.8) is 0 Å². The lowest BCUT2D eigenvalue weighted by atomic mass is 10.2. The van der Waals surface area contributed by atoms with E-state index in [1.807, 2.05) is 0 Å². The Kier molecular flexibility index (Phi) is 3.21. The van der Waals surface area contributed by atoms with E-state index in [4.69, 9.17) is 0 Å². The molecule has 2 aromatic heterocycles. The van der Waals surface area contributed by atoms with Crippen LogP contribution in [0.15, 0.2) is 17.5 Å². The molecule has 15 heavy (non-hydrogen) atoms. The highest BCUT2D eigenvalue weighted by molar-refractivity contribution is 7.17. The van der Waals surface area contributed by atoms with E-state index in [1.165, 1.54) is 16.1 Å². The first kappa shape index (κ1) is 10.4. The molecule has 80 valence electrons. The zero-order chi connectivity index (χ0) is 10.7. The zero-order valence-electron chi connectivity index (χ0n) is 9.21. The third kappa shape index (κ3) is 2.12. The Morgan fingerprint density at radius 2 is 2.27 bits per heavy atom. The van der Waals surface area contributed by atoms with E-state index < -0.39 is 0 Å². The van der Waals surface area contributed by atoms with Crippen LogP contribution in [0.25, 0.3) is 10.2 Å². The first-order valence-electron chi connectivity index (χ1n) is 5.46. The van der Waals surface area contributed by atoms with Gasteiger partial charge in [-0.1, -0.05) is 13.8 Å². The second-order valence-electron chi connectivity index (χ2n) is 3.58. The summed E-state index contributed by atoms with van der Waals surface area (Å²) in [5.41, 5.74) is 3.53. The lowest BCUT2D eigenvalue weighted by Gasteiger charge is -2.07. The van der Waals surface area contributed by atoms with Gasteiger partial charge in [0.15, 0.2) is 0 Å². The fraction of sp³-hybridized carbons (Fsp3) is 0.417. The van der Waals surface area contributed by atoms with E-state index in [0.29, 0.717) is 0 Å². The molecule has 2 nitrogen and oxygen atoms in total. The molecule has 0 bridgehead atoms. The third-order valence-electron chi connectivity index (χ3n) is 2.39. The Hall–Kier alpha value is -1.09. The summed E-state index contributed by atoms with van der Waals surface area (Å²) in [6, 6.07) is 4.27. The Balaban J connectivity index is 2.43. The number of fused-ring (bicyclic) bond motifs is 1. The lowest BCUT2D eigenvalue weighted by Crippen LogP contribution is -2.01. The van der Waals surface area contributed by atoms with Gasteiger partial charge in [-0.3, -0.25) is 4.98 Å². The number of nitrogens with one attached hydrogen (secondary N) is 1. The molecule has 0 radical (unpaired) electrons. The third-order valence-corrected chi connectivity index (χ3v) is 3.33. The predicted molar refractivity (Wildman–Crippen MR) is 67.8 cm³/mol. The monoisotopic (exact) mass is 220 g/mol. The van der Waals surface area contributed by atoms with Gasteiger partial charge in [-0.25, -0.2) is 0 Å². The number of nitrogens with zero attached hydrogens (tertiary/aromatic N) is 1. The van der Waals surface area contributed by atoms with Crippen LogP contribution < -0.4 is 5.32 Å². The quantitative estimate of drug-likeness (QED) is 0.850. The molecule has 0 aliphatic heterocycles. The predicted octanol–water partition coefficient (Wildman–Crippen LogP) is 3.68. The van der Waals surface area contributed by atoms with E-state index in [-0.39, 0.29) is 0 Å². The minimum absolute atomic E-state index is 0.993. The van der Waals surface area contributed by atoms with Gasteiger partial charge in [0.05, 0.1) is 15.9 Å². The maximum absolute atomic E-state index is 4.59. The molecule has 0 unspecified atom stereocenters. The van der Waals surface area contributed by atoms with Gasteiger partial charge in [0.1, 0.15) is 0 Å². The first-order valence-corrected chi connectivity index (χ1v) is 6.34. The highest BCUT2D eigenvalue weighted by atomic mass is 32.1. The summed E-state index contributed by atoms with van der Waals surface area (Å²) in [5, 5.41) is 5.57. The minimum atomic E-state index is 0.993. The summed E-state index contributed by atoms with van der Waals surface area (Å²) in [6.07, 6.45) is 2.14. The van der Waals surface area contributed by atoms with Crippen molar-refractivity contribution >= 4 is 27.2 Å². The van der Waals surface area contributed by atoms with E-state index in [0.717, 1.165) is 24.9 Å². The van der Waals surface area contributed by atoms with Crippen molar-refractivity contribution in [2.45, 2.75) is 26.7 Å². The topological polar surface area (TPSA) is 24.9 Å². The summed E-state index contributed by atoms with van der Waals surface area (Å²) in [7, 11) is 0.